The minimum absolute atomic E-state index is 0.130. The maximum atomic E-state index is 13.5. The first-order valence-corrected chi connectivity index (χ1v) is 9.65. The standard InChI is InChI=1S/C21H20O12/c22-5-8-11(24)14(27)17(30)21(32-8)10-12(25)9-13(26)15(28)16(29)18(31)20(9)33-19(10)6-3-1-2-4-7(6)23/h1-4,8,11,14,17,21-24,26-31H,5H2/t8-,11-,14+,17-,21?/m1/s1. The van der Waals surface area contributed by atoms with Crippen molar-refractivity contribution in [2.75, 3.05) is 6.61 Å². The van der Waals surface area contributed by atoms with E-state index < -0.39 is 93.6 Å². The smallest absolute Gasteiger partial charge is 0.208 e. The van der Waals surface area contributed by atoms with Crippen LogP contribution in [0.1, 0.15) is 11.7 Å². The van der Waals surface area contributed by atoms with Crippen molar-refractivity contribution >= 4 is 11.0 Å². The molecule has 1 aromatic heterocycles. The zero-order valence-electron chi connectivity index (χ0n) is 16.7. The van der Waals surface area contributed by atoms with Gasteiger partial charge in [-0.3, -0.25) is 4.79 Å². The molecule has 1 aliphatic heterocycles. The van der Waals surface area contributed by atoms with E-state index in [0.29, 0.717) is 0 Å². The molecule has 0 aliphatic carbocycles. The maximum absolute atomic E-state index is 13.5. The number of ether oxygens (including phenoxy) is 1. The largest absolute Gasteiger partial charge is 0.507 e. The highest BCUT2D eigenvalue weighted by molar-refractivity contribution is 5.95. The van der Waals surface area contributed by atoms with Crippen LogP contribution in [0.5, 0.6) is 28.7 Å². The molecule has 1 saturated heterocycles. The summed E-state index contributed by atoms with van der Waals surface area (Å²) in [5.74, 6) is -5.51. The summed E-state index contributed by atoms with van der Waals surface area (Å²) in [5, 5.41) is 90.1. The van der Waals surface area contributed by atoms with E-state index in [9.17, 15) is 50.8 Å². The fraction of sp³-hybridized carbons (Fsp3) is 0.286. The average Bonchev–Trinajstić information content (AvgIpc) is 2.80. The number of benzene rings is 2. The van der Waals surface area contributed by atoms with Crippen molar-refractivity contribution in [1.29, 1.82) is 0 Å². The Balaban J connectivity index is 2.12. The van der Waals surface area contributed by atoms with Gasteiger partial charge in [0.1, 0.15) is 47.4 Å². The van der Waals surface area contributed by atoms with Crippen LogP contribution >= 0.6 is 0 Å². The second-order valence-corrected chi connectivity index (χ2v) is 7.54. The number of phenolic OH excluding ortho intramolecular Hbond substituents is 5. The molecule has 176 valence electrons. The maximum Gasteiger partial charge on any atom is 0.208 e. The van der Waals surface area contributed by atoms with Crippen molar-refractivity contribution in [1.82, 2.24) is 0 Å². The van der Waals surface area contributed by atoms with Gasteiger partial charge in [-0.1, -0.05) is 12.1 Å². The summed E-state index contributed by atoms with van der Waals surface area (Å²) in [6.07, 6.45) is -8.71. The van der Waals surface area contributed by atoms with Gasteiger partial charge in [0.05, 0.1) is 17.7 Å². The van der Waals surface area contributed by atoms with E-state index in [0.717, 1.165) is 0 Å². The summed E-state index contributed by atoms with van der Waals surface area (Å²) >= 11 is 0. The van der Waals surface area contributed by atoms with E-state index in [4.69, 9.17) is 9.15 Å². The zero-order valence-corrected chi connectivity index (χ0v) is 16.7. The Kier molecular flexibility index (Phi) is 5.56. The number of para-hydroxylation sites is 1. The summed E-state index contributed by atoms with van der Waals surface area (Å²) in [5.41, 5.74) is -2.61. The van der Waals surface area contributed by atoms with E-state index in [1.165, 1.54) is 24.3 Å². The third-order valence-corrected chi connectivity index (χ3v) is 5.60. The first-order chi connectivity index (χ1) is 15.6. The molecule has 9 N–H and O–H groups in total. The van der Waals surface area contributed by atoms with Crippen molar-refractivity contribution < 1.29 is 55.1 Å². The quantitative estimate of drug-likeness (QED) is 0.177. The van der Waals surface area contributed by atoms with Crippen LogP contribution in [0.25, 0.3) is 22.3 Å². The summed E-state index contributed by atoms with van der Waals surface area (Å²) < 4.78 is 11.0. The number of hydrogen-bond donors (Lipinski definition) is 9. The summed E-state index contributed by atoms with van der Waals surface area (Å²) in [6, 6.07) is 5.47. The van der Waals surface area contributed by atoms with Gasteiger partial charge in [0.2, 0.25) is 22.7 Å². The van der Waals surface area contributed by atoms with Crippen LogP contribution in [-0.4, -0.2) is 77.0 Å². The Hall–Kier alpha value is -3.55. The molecule has 0 spiro atoms. The Bertz CT molecular complexity index is 1280. The lowest BCUT2D eigenvalue weighted by Gasteiger charge is -2.40. The highest BCUT2D eigenvalue weighted by Gasteiger charge is 2.46. The zero-order chi connectivity index (χ0) is 24.2. The number of aromatic hydroxyl groups is 5. The predicted molar refractivity (Wildman–Crippen MR) is 109 cm³/mol. The number of fused-ring (bicyclic) bond motifs is 1. The van der Waals surface area contributed by atoms with E-state index in [-0.39, 0.29) is 5.56 Å². The number of rotatable bonds is 3. The average molecular weight is 464 g/mol. The highest BCUT2D eigenvalue weighted by atomic mass is 16.5. The monoisotopic (exact) mass is 464 g/mol. The normalized spacial score (nSPS) is 25.4. The topological polar surface area (TPSA) is 222 Å². The molecule has 1 unspecified atom stereocenters. The molecule has 5 atom stereocenters. The third-order valence-electron chi connectivity index (χ3n) is 5.60. The molecular formula is C21H20O12. The molecule has 3 aromatic rings. The van der Waals surface area contributed by atoms with Crippen molar-refractivity contribution in [3.8, 4) is 40.1 Å². The van der Waals surface area contributed by atoms with Gasteiger partial charge in [0, 0.05) is 0 Å². The second-order valence-electron chi connectivity index (χ2n) is 7.54. The van der Waals surface area contributed by atoms with Gasteiger partial charge in [-0.25, -0.2) is 0 Å². The number of aliphatic hydroxyl groups is 4. The van der Waals surface area contributed by atoms with Gasteiger partial charge in [0.25, 0.3) is 0 Å². The van der Waals surface area contributed by atoms with Crippen LogP contribution in [-0.2, 0) is 4.74 Å². The first kappa shape index (κ1) is 22.6. The van der Waals surface area contributed by atoms with Gasteiger partial charge in [0.15, 0.2) is 11.3 Å². The third kappa shape index (κ3) is 3.32. The molecule has 0 saturated carbocycles. The lowest BCUT2D eigenvalue weighted by molar-refractivity contribution is -0.232. The van der Waals surface area contributed by atoms with Crippen molar-refractivity contribution in [3.05, 3.63) is 40.1 Å². The summed E-state index contributed by atoms with van der Waals surface area (Å²) in [4.78, 5) is 13.5. The van der Waals surface area contributed by atoms with Gasteiger partial charge in [-0.2, -0.15) is 0 Å². The Morgan fingerprint density at radius 3 is 2.09 bits per heavy atom. The van der Waals surface area contributed by atoms with E-state index >= 15 is 0 Å². The van der Waals surface area contributed by atoms with Crippen LogP contribution in [0, 0.1) is 0 Å². The van der Waals surface area contributed by atoms with E-state index in [1.807, 2.05) is 0 Å². The summed E-state index contributed by atoms with van der Waals surface area (Å²) in [6.45, 7) is -0.799. The number of phenols is 5. The lowest BCUT2D eigenvalue weighted by Crippen LogP contribution is -2.55. The molecule has 33 heavy (non-hydrogen) atoms. The van der Waals surface area contributed by atoms with Crippen LogP contribution in [0.2, 0.25) is 0 Å². The molecule has 0 bridgehead atoms. The molecular weight excluding hydrogens is 444 g/mol. The van der Waals surface area contributed by atoms with Crippen LogP contribution in [0.3, 0.4) is 0 Å². The van der Waals surface area contributed by atoms with Gasteiger partial charge >= 0.3 is 0 Å². The van der Waals surface area contributed by atoms with Gasteiger partial charge < -0.3 is 55.1 Å². The highest BCUT2D eigenvalue weighted by Crippen LogP contribution is 2.50. The predicted octanol–water partition coefficient (Wildman–Crippen LogP) is -0.497. The van der Waals surface area contributed by atoms with Crippen LogP contribution in [0.15, 0.2) is 33.5 Å². The second kappa shape index (κ2) is 8.10. The molecule has 2 aromatic carbocycles. The number of hydrogen-bond acceptors (Lipinski definition) is 12. The minimum atomic E-state index is -1.94. The minimum Gasteiger partial charge on any atom is -0.507 e. The molecule has 0 radical (unpaired) electrons. The first-order valence-electron chi connectivity index (χ1n) is 9.65. The van der Waals surface area contributed by atoms with Crippen molar-refractivity contribution in [3.63, 3.8) is 0 Å². The molecule has 2 heterocycles. The van der Waals surface area contributed by atoms with E-state index in [1.54, 1.807) is 0 Å². The Labute approximate surface area is 184 Å². The molecule has 1 aliphatic rings. The van der Waals surface area contributed by atoms with Gasteiger partial charge in [-0.15, -0.1) is 0 Å². The van der Waals surface area contributed by atoms with E-state index in [2.05, 4.69) is 0 Å². The molecule has 4 rings (SSSR count). The fourth-order valence-corrected chi connectivity index (χ4v) is 3.85. The van der Waals surface area contributed by atoms with Crippen molar-refractivity contribution in [2.45, 2.75) is 30.5 Å². The molecule has 12 heteroatoms. The molecule has 1 fully saturated rings. The summed E-state index contributed by atoms with van der Waals surface area (Å²) in [7, 11) is 0. The lowest BCUT2D eigenvalue weighted by atomic mass is 9.88. The Morgan fingerprint density at radius 1 is 0.818 bits per heavy atom. The Morgan fingerprint density at radius 2 is 1.45 bits per heavy atom. The SMILES string of the molecule is O=c1c(C2O[C@H](CO)[C@@H](O)[C@H](O)[C@H]2O)c(-c2ccccc2O)oc2c(O)c(O)c(O)c(O)c12. The molecule has 12 nitrogen and oxygen atoms in total. The van der Waals surface area contributed by atoms with Crippen LogP contribution < -0.4 is 5.43 Å². The molecule has 0 amide bonds. The van der Waals surface area contributed by atoms with Gasteiger partial charge in [-0.05, 0) is 12.1 Å². The van der Waals surface area contributed by atoms with Crippen molar-refractivity contribution in [2.24, 2.45) is 0 Å². The number of aliphatic hydroxyl groups excluding tert-OH is 4. The van der Waals surface area contributed by atoms with Crippen LogP contribution in [0.4, 0.5) is 0 Å². The fourth-order valence-electron chi connectivity index (χ4n) is 3.85.